The summed E-state index contributed by atoms with van der Waals surface area (Å²) in [5, 5.41) is 1.55. The van der Waals surface area contributed by atoms with Gasteiger partial charge in [-0.15, -0.1) is 0 Å². The molecule has 2 rings (SSSR count). The first-order valence-corrected chi connectivity index (χ1v) is 7.38. The van der Waals surface area contributed by atoms with Gasteiger partial charge >= 0.3 is 89.3 Å². The standard InChI is InChI=1S/C12H14Te/c1-2-3-6-10-9-13-12-8-5-4-7-11(10)12/h4-5,7-9H,2-3,6H2,1H3. The molecule has 0 aliphatic heterocycles. The van der Waals surface area contributed by atoms with Gasteiger partial charge in [-0.05, 0) is 0 Å². The van der Waals surface area contributed by atoms with Crippen molar-refractivity contribution in [2.45, 2.75) is 26.2 Å². The van der Waals surface area contributed by atoms with Crippen LogP contribution in [0.4, 0.5) is 0 Å². The zero-order valence-corrected chi connectivity index (χ0v) is 10.2. The van der Waals surface area contributed by atoms with Crippen LogP contribution < -0.4 is 0 Å². The van der Waals surface area contributed by atoms with Crippen molar-refractivity contribution in [3.8, 4) is 0 Å². The Labute approximate surface area is 89.2 Å². The number of hydrogen-bond donors (Lipinski definition) is 0. The molecule has 13 heavy (non-hydrogen) atoms. The zero-order valence-electron chi connectivity index (χ0n) is 7.92. The molecule has 0 saturated carbocycles. The van der Waals surface area contributed by atoms with Crippen LogP contribution in [0.15, 0.2) is 28.3 Å². The molecular formula is C12H14Te. The van der Waals surface area contributed by atoms with Gasteiger partial charge in [0.05, 0.1) is 0 Å². The molecule has 68 valence electrons. The summed E-state index contributed by atoms with van der Waals surface area (Å²) in [6.45, 7) is 2.26. The predicted molar refractivity (Wildman–Crippen MR) is 59.5 cm³/mol. The van der Waals surface area contributed by atoms with Crippen molar-refractivity contribution in [2.24, 2.45) is 0 Å². The quantitative estimate of drug-likeness (QED) is 0.760. The number of rotatable bonds is 3. The number of benzene rings is 1. The van der Waals surface area contributed by atoms with Crippen LogP contribution in [-0.2, 0) is 6.42 Å². The second kappa shape index (κ2) is 4.31. The van der Waals surface area contributed by atoms with E-state index in [1.807, 2.05) is 0 Å². The summed E-state index contributed by atoms with van der Waals surface area (Å²) in [6.07, 6.45) is 3.94. The summed E-state index contributed by atoms with van der Waals surface area (Å²) in [4.78, 5) is 0. The minimum atomic E-state index is 0.0305. The van der Waals surface area contributed by atoms with Crippen LogP contribution in [0.3, 0.4) is 0 Å². The van der Waals surface area contributed by atoms with Crippen LogP contribution in [0.2, 0.25) is 0 Å². The van der Waals surface area contributed by atoms with E-state index in [-0.39, 0.29) is 20.4 Å². The fraction of sp³-hybridized carbons (Fsp3) is 0.333. The molecule has 0 aliphatic carbocycles. The molecule has 1 aromatic heterocycles. The monoisotopic (exact) mass is 288 g/mol. The SMILES string of the molecule is CCCCc1c[te]c2ccccc12. The van der Waals surface area contributed by atoms with Gasteiger partial charge in [0.2, 0.25) is 0 Å². The zero-order chi connectivity index (χ0) is 9.10. The van der Waals surface area contributed by atoms with Gasteiger partial charge in [0.1, 0.15) is 0 Å². The molecule has 0 atom stereocenters. The molecule has 1 aromatic carbocycles. The van der Waals surface area contributed by atoms with Crippen LogP contribution in [0.25, 0.3) is 8.79 Å². The molecule has 0 saturated heterocycles. The van der Waals surface area contributed by atoms with E-state index in [1.54, 1.807) is 14.4 Å². The van der Waals surface area contributed by atoms with E-state index >= 15 is 0 Å². The summed E-state index contributed by atoms with van der Waals surface area (Å²) in [6, 6.07) is 8.92. The predicted octanol–water partition coefficient (Wildman–Crippen LogP) is 3.24. The Morgan fingerprint density at radius 1 is 1.23 bits per heavy atom. The molecule has 1 heterocycles. The average molecular weight is 286 g/mol. The van der Waals surface area contributed by atoms with Crippen LogP contribution in [0.1, 0.15) is 25.3 Å². The molecular weight excluding hydrogens is 272 g/mol. The number of fused-ring (bicyclic) bond motifs is 1. The number of unbranched alkanes of at least 4 members (excludes halogenated alkanes) is 1. The third-order valence-corrected chi connectivity index (χ3v) is 5.25. The fourth-order valence-electron chi connectivity index (χ4n) is 1.59. The third kappa shape index (κ3) is 1.98. The van der Waals surface area contributed by atoms with Gasteiger partial charge in [-0.3, -0.25) is 0 Å². The van der Waals surface area contributed by atoms with Gasteiger partial charge in [-0.1, -0.05) is 0 Å². The van der Waals surface area contributed by atoms with Crippen LogP contribution in [-0.4, -0.2) is 20.4 Å². The van der Waals surface area contributed by atoms with Gasteiger partial charge in [-0.2, -0.15) is 0 Å². The molecule has 0 spiro atoms. The Balaban J connectivity index is 2.35. The molecule has 1 heteroatoms. The normalized spacial score (nSPS) is 10.8. The molecule has 0 radical (unpaired) electrons. The summed E-state index contributed by atoms with van der Waals surface area (Å²) in [5.74, 6) is 0. The maximum absolute atomic E-state index is 2.52. The van der Waals surface area contributed by atoms with Gasteiger partial charge < -0.3 is 0 Å². The summed E-state index contributed by atoms with van der Waals surface area (Å²) in [7, 11) is 0. The van der Waals surface area contributed by atoms with Crippen molar-refractivity contribution in [3.05, 3.63) is 33.9 Å². The van der Waals surface area contributed by atoms with E-state index < -0.39 is 0 Å². The Morgan fingerprint density at radius 2 is 2.08 bits per heavy atom. The first-order chi connectivity index (χ1) is 6.42. The third-order valence-electron chi connectivity index (χ3n) is 2.36. The molecule has 0 amide bonds. The molecule has 0 bridgehead atoms. The van der Waals surface area contributed by atoms with E-state index in [0.717, 1.165) is 0 Å². The minimum absolute atomic E-state index is 0.0305. The van der Waals surface area contributed by atoms with Crippen LogP contribution in [0, 0.1) is 0 Å². The number of aryl methyl sites for hydroxylation is 1. The number of hydrogen-bond acceptors (Lipinski definition) is 0. The van der Waals surface area contributed by atoms with Crippen molar-refractivity contribution in [3.63, 3.8) is 0 Å². The van der Waals surface area contributed by atoms with Crippen LogP contribution >= 0.6 is 0 Å². The van der Waals surface area contributed by atoms with Crippen molar-refractivity contribution in [2.75, 3.05) is 0 Å². The molecule has 0 fully saturated rings. The van der Waals surface area contributed by atoms with E-state index in [0.29, 0.717) is 0 Å². The average Bonchev–Trinajstić information content (AvgIpc) is 2.58. The van der Waals surface area contributed by atoms with Crippen molar-refractivity contribution in [1.29, 1.82) is 0 Å². The Bertz CT molecular complexity index is 387. The summed E-state index contributed by atoms with van der Waals surface area (Å²) in [5.41, 5.74) is 1.62. The van der Waals surface area contributed by atoms with E-state index in [4.69, 9.17) is 0 Å². The van der Waals surface area contributed by atoms with E-state index in [1.165, 1.54) is 19.3 Å². The fourth-order valence-corrected chi connectivity index (χ4v) is 4.44. The molecule has 0 N–H and O–H groups in total. The van der Waals surface area contributed by atoms with Crippen molar-refractivity contribution < 1.29 is 0 Å². The molecule has 0 unspecified atom stereocenters. The van der Waals surface area contributed by atoms with Gasteiger partial charge in [0, 0.05) is 0 Å². The molecule has 0 nitrogen and oxygen atoms in total. The van der Waals surface area contributed by atoms with Crippen LogP contribution in [0.5, 0.6) is 0 Å². The van der Waals surface area contributed by atoms with Crippen molar-refractivity contribution in [1.82, 2.24) is 0 Å². The Hall–Kier alpha value is -0.250. The van der Waals surface area contributed by atoms with Gasteiger partial charge in [0.25, 0.3) is 0 Å². The maximum atomic E-state index is 2.52. The molecule has 0 aliphatic rings. The summed E-state index contributed by atoms with van der Waals surface area (Å²) >= 11 is 0.0305. The second-order valence-electron chi connectivity index (χ2n) is 3.36. The Kier molecular flexibility index (Phi) is 3.09. The first kappa shape index (κ1) is 9.31. The second-order valence-corrected chi connectivity index (χ2v) is 5.96. The van der Waals surface area contributed by atoms with Crippen molar-refractivity contribution >= 4 is 29.2 Å². The van der Waals surface area contributed by atoms with Gasteiger partial charge in [-0.25, -0.2) is 0 Å². The summed E-state index contributed by atoms with van der Waals surface area (Å²) < 4.78 is 4.16. The van der Waals surface area contributed by atoms with E-state index in [9.17, 15) is 0 Å². The molecule has 2 aromatic rings. The van der Waals surface area contributed by atoms with Gasteiger partial charge in [0.15, 0.2) is 0 Å². The Morgan fingerprint density at radius 3 is 2.92 bits per heavy atom. The first-order valence-electron chi connectivity index (χ1n) is 4.87. The van der Waals surface area contributed by atoms with E-state index in [2.05, 4.69) is 35.3 Å². The topological polar surface area (TPSA) is 0 Å².